The highest BCUT2D eigenvalue weighted by Gasteiger charge is 2.17. The lowest BCUT2D eigenvalue weighted by molar-refractivity contribution is 0.565. The van der Waals surface area contributed by atoms with Crippen LogP contribution < -0.4 is 0 Å². The molecule has 1 aromatic carbocycles. The van der Waals surface area contributed by atoms with Gasteiger partial charge in [-0.2, -0.15) is 0 Å². The lowest BCUT2D eigenvalue weighted by atomic mass is 10.2. The molecule has 0 aliphatic carbocycles. The molecule has 0 radical (unpaired) electrons. The Morgan fingerprint density at radius 3 is 2.68 bits per heavy atom. The number of hydrogen-bond acceptors (Lipinski definition) is 3. The first-order valence-electron chi connectivity index (χ1n) is 5.77. The molecule has 2 aromatic rings. The van der Waals surface area contributed by atoms with E-state index in [1.54, 1.807) is 24.5 Å². The second-order valence-electron chi connectivity index (χ2n) is 4.86. The molecule has 7 heteroatoms. The monoisotopic (exact) mass is 302 g/mol. The topological polar surface area (TPSA) is 54.9 Å². The summed E-state index contributed by atoms with van der Waals surface area (Å²) in [6.07, 6.45) is 1.19. The van der Waals surface area contributed by atoms with Crippen LogP contribution in [-0.4, -0.2) is 30.0 Å². The fourth-order valence-electron chi connectivity index (χ4n) is 2.20. The first-order chi connectivity index (χ1) is 8.69. The van der Waals surface area contributed by atoms with Crippen LogP contribution in [0.3, 0.4) is 0 Å². The summed E-state index contributed by atoms with van der Waals surface area (Å²) in [7, 11) is -3.11. The second kappa shape index (κ2) is 4.72. The van der Waals surface area contributed by atoms with Crippen LogP contribution in [0.2, 0.25) is 0 Å². The molecule has 1 atom stereocenters. The molecule has 19 heavy (non-hydrogen) atoms. The molecule has 0 saturated heterocycles. The lowest BCUT2D eigenvalue weighted by Crippen LogP contribution is -2.16. The Balaban J connectivity index is 2.63. The van der Waals surface area contributed by atoms with E-state index in [0.29, 0.717) is 15.9 Å². The SMILES string of the molecule is Cc1cc2c(cc1F)[nH]c(=S)n2C(C)CS(C)(=O)=O. The summed E-state index contributed by atoms with van der Waals surface area (Å²) >= 11 is 5.20. The van der Waals surface area contributed by atoms with Gasteiger partial charge < -0.3 is 9.55 Å². The minimum Gasteiger partial charge on any atom is -0.330 e. The number of aryl methyl sites for hydroxylation is 1. The van der Waals surface area contributed by atoms with Crippen molar-refractivity contribution in [1.82, 2.24) is 9.55 Å². The highest BCUT2D eigenvalue weighted by Crippen LogP contribution is 2.23. The van der Waals surface area contributed by atoms with E-state index in [2.05, 4.69) is 4.98 Å². The summed E-state index contributed by atoms with van der Waals surface area (Å²) in [5.41, 5.74) is 1.80. The summed E-state index contributed by atoms with van der Waals surface area (Å²) in [5, 5.41) is 0. The smallest absolute Gasteiger partial charge is 0.178 e. The van der Waals surface area contributed by atoms with Gasteiger partial charge in [-0.3, -0.25) is 0 Å². The number of aromatic amines is 1. The number of sulfone groups is 1. The molecule has 1 N–H and O–H groups in total. The minimum absolute atomic E-state index is 0.00924. The van der Waals surface area contributed by atoms with Crippen molar-refractivity contribution in [2.75, 3.05) is 12.0 Å². The summed E-state index contributed by atoms with van der Waals surface area (Å²) in [5.74, 6) is -0.323. The van der Waals surface area contributed by atoms with Crippen molar-refractivity contribution in [2.24, 2.45) is 0 Å². The van der Waals surface area contributed by atoms with Crippen molar-refractivity contribution < 1.29 is 12.8 Å². The van der Waals surface area contributed by atoms with E-state index in [9.17, 15) is 12.8 Å². The predicted molar refractivity (Wildman–Crippen MR) is 76.2 cm³/mol. The largest absolute Gasteiger partial charge is 0.330 e. The molecule has 0 amide bonds. The van der Waals surface area contributed by atoms with Crippen LogP contribution in [0, 0.1) is 17.5 Å². The summed E-state index contributed by atoms with van der Waals surface area (Å²) in [4.78, 5) is 2.90. The van der Waals surface area contributed by atoms with Crippen LogP contribution in [-0.2, 0) is 9.84 Å². The number of H-pyrrole nitrogens is 1. The van der Waals surface area contributed by atoms with Crippen molar-refractivity contribution in [3.63, 3.8) is 0 Å². The first kappa shape index (κ1) is 14.2. The number of halogens is 1. The number of nitrogens with one attached hydrogen (secondary N) is 1. The molecular formula is C12H15FN2O2S2. The number of hydrogen-bond donors (Lipinski definition) is 1. The second-order valence-corrected chi connectivity index (χ2v) is 7.43. The van der Waals surface area contributed by atoms with Gasteiger partial charge >= 0.3 is 0 Å². The van der Waals surface area contributed by atoms with Crippen LogP contribution in [0.1, 0.15) is 18.5 Å². The summed E-state index contributed by atoms with van der Waals surface area (Å²) < 4.78 is 38.4. The average molecular weight is 302 g/mol. The molecule has 1 unspecified atom stereocenters. The molecule has 0 spiro atoms. The number of nitrogens with zero attached hydrogens (tertiary/aromatic N) is 1. The normalized spacial score (nSPS) is 13.9. The van der Waals surface area contributed by atoms with Gasteiger partial charge in [0.1, 0.15) is 15.7 Å². The number of aromatic nitrogens is 2. The van der Waals surface area contributed by atoms with E-state index < -0.39 is 9.84 Å². The molecule has 104 valence electrons. The van der Waals surface area contributed by atoms with E-state index in [1.807, 2.05) is 0 Å². The first-order valence-corrected chi connectivity index (χ1v) is 8.24. The third-order valence-corrected chi connectivity index (χ3v) is 4.37. The van der Waals surface area contributed by atoms with Crippen molar-refractivity contribution in [2.45, 2.75) is 19.9 Å². The van der Waals surface area contributed by atoms with Gasteiger partial charge in [-0.15, -0.1) is 0 Å². The van der Waals surface area contributed by atoms with Gasteiger partial charge in [-0.1, -0.05) is 0 Å². The Morgan fingerprint density at radius 2 is 2.11 bits per heavy atom. The van der Waals surface area contributed by atoms with Crippen LogP contribution >= 0.6 is 12.2 Å². The molecule has 0 bridgehead atoms. The number of imidazole rings is 1. The van der Waals surface area contributed by atoms with Crippen LogP contribution in [0.25, 0.3) is 11.0 Å². The number of benzene rings is 1. The number of rotatable bonds is 3. The van der Waals surface area contributed by atoms with Crippen molar-refractivity contribution in [1.29, 1.82) is 0 Å². The minimum atomic E-state index is -3.11. The Labute approximate surface area is 116 Å². The molecule has 0 saturated carbocycles. The molecular weight excluding hydrogens is 287 g/mol. The van der Waals surface area contributed by atoms with E-state index >= 15 is 0 Å². The third-order valence-electron chi connectivity index (χ3n) is 2.98. The average Bonchev–Trinajstić information content (AvgIpc) is 2.52. The molecule has 2 rings (SSSR count). The molecule has 0 aliphatic heterocycles. The zero-order valence-corrected chi connectivity index (χ0v) is 12.5. The van der Waals surface area contributed by atoms with Crippen LogP contribution in [0.4, 0.5) is 4.39 Å². The van der Waals surface area contributed by atoms with Gasteiger partial charge in [-0.05, 0) is 43.8 Å². The zero-order valence-electron chi connectivity index (χ0n) is 10.9. The molecule has 1 aromatic heterocycles. The molecule has 4 nitrogen and oxygen atoms in total. The maximum Gasteiger partial charge on any atom is 0.178 e. The van der Waals surface area contributed by atoms with E-state index in [1.165, 1.54) is 12.3 Å². The highest BCUT2D eigenvalue weighted by atomic mass is 32.2. The van der Waals surface area contributed by atoms with Crippen molar-refractivity contribution in [3.8, 4) is 0 Å². The van der Waals surface area contributed by atoms with Gasteiger partial charge in [0.05, 0.1) is 16.8 Å². The highest BCUT2D eigenvalue weighted by molar-refractivity contribution is 7.90. The van der Waals surface area contributed by atoms with Gasteiger partial charge in [0.15, 0.2) is 4.77 Å². The zero-order chi connectivity index (χ0) is 14.4. The Morgan fingerprint density at radius 1 is 1.47 bits per heavy atom. The third kappa shape index (κ3) is 2.87. The maximum atomic E-state index is 13.5. The van der Waals surface area contributed by atoms with Gasteiger partial charge in [0.2, 0.25) is 0 Å². The standard InChI is InChI=1S/C12H15FN2O2S2/c1-7-4-11-10(5-9(7)13)14-12(18)15(11)8(2)6-19(3,16)17/h4-5,8H,6H2,1-3H3,(H,14,18). The number of fused-ring (bicyclic) bond motifs is 1. The van der Waals surface area contributed by atoms with Crippen molar-refractivity contribution in [3.05, 3.63) is 28.3 Å². The van der Waals surface area contributed by atoms with Gasteiger partial charge in [0.25, 0.3) is 0 Å². The quantitative estimate of drug-likeness (QED) is 0.887. The summed E-state index contributed by atoms with van der Waals surface area (Å²) in [6, 6.07) is 2.75. The van der Waals surface area contributed by atoms with E-state index in [4.69, 9.17) is 12.2 Å². The maximum absolute atomic E-state index is 13.5. The van der Waals surface area contributed by atoms with Crippen molar-refractivity contribution >= 4 is 33.1 Å². The van der Waals surface area contributed by atoms with E-state index in [-0.39, 0.29) is 17.6 Å². The molecule has 0 fully saturated rings. The Hall–Kier alpha value is -1.21. The van der Waals surface area contributed by atoms with Gasteiger partial charge in [-0.25, -0.2) is 12.8 Å². The van der Waals surface area contributed by atoms with E-state index in [0.717, 1.165) is 5.52 Å². The molecule has 1 heterocycles. The fraction of sp³-hybridized carbons (Fsp3) is 0.417. The lowest BCUT2D eigenvalue weighted by Gasteiger charge is -2.13. The predicted octanol–water partition coefficient (Wildman–Crippen LogP) is 2.75. The Kier molecular flexibility index (Phi) is 3.53. The Bertz CT molecular complexity index is 790. The van der Waals surface area contributed by atoms with Crippen LogP contribution in [0.5, 0.6) is 0 Å². The molecule has 0 aliphatic rings. The van der Waals surface area contributed by atoms with Gasteiger partial charge in [0, 0.05) is 12.3 Å². The fourth-order valence-corrected chi connectivity index (χ4v) is 3.61. The summed E-state index contributed by atoms with van der Waals surface area (Å²) in [6.45, 7) is 3.44. The van der Waals surface area contributed by atoms with Crippen LogP contribution in [0.15, 0.2) is 12.1 Å².